The lowest BCUT2D eigenvalue weighted by molar-refractivity contribution is 0.667. The Kier molecular flexibility index (Phi) is 2.19. The van der Waals surface area contributed by atoms with Crippen LogP contribution >= 0.6 is 0 Å². The maximum absolute atomic E-state index is 11.3. The Morgan fingerprint density at radius 1 is 1.55 bits per heavy atom. The van der Waals surface area contributed by atoms with Crippen molar-refractivity contribution < 1.29 is 4.21 Å². The van der Waals surface area contributed by atoms with E-state index in [9.17, 15) is 4.21 Å². The smallest absolute Gasteiger partial charge is 0.226 e. The molecule has 0 radical (unpaired) electrons. The van der Waals surface area contributed by atoms with Gasteiger partial charge in [-0.1, -0.05) is 6.92 Å². The molecule has 1 heterocycles. The number of nitrogens with zero attached hydrogens (tertiary/aromatic N) is 2. The molecule has 11 heavy (non-hydrogen) atoms. The van der Waals surface area contributed by atoms with Crippen LogP contribution in [0.5, 0.6) is 0 Å². The largest absolute Gasteiger partial charge is 0.246 e. The van der Waals surface area contributed by atoms with Gasteiger partial charge in [-0.15, -0.1) is 0 Å². The topological polar surface area (TPSA) is 66.7 Å². The third-order valence-corrected chi connectivity index (χ3v) is 2.86. The molecule has 4 nitrogen and oxygen atoms in total. The molecule has 0 spiro atoms. The molecule has 1 atom stereocenters. The highest BCUT2D eigenvalue weighted by atomic mass is 32.2. The van der Waals surface area contributed by atoms with Gasteiger partial charge in [-0.2, -0.15) is 0 Å². The predicted octanol–water partition coefficient (Wildman–Crippen LogP) is 0.902. The third kappa shape index (κ3) is 1.74. The quantitative estimate of drug-likeness (QED) is 0.672. The first-order valence-corrected chi connectivity index (χ1v) is 4.93. The molecule has 5 heteroatoms. The highest BCUT2D eigenvalue weighted by Gasteiger charge is 2.08. The molecule has 0 aromatic carbocycles. The van der Waals surface area contributed by atoms with Crippen LogP contribution < -0.4 is 0 Å². The fraction of sp³-hybridized carbons (Fsp3) is 0.333. The molecule has 0 amide bonds. The van der Waals surface area contributed by atoms with E-state index in [0.717, 1.165) is 0 Å². The first-order chi connectivity index (χ1) is 5.17. The zero-order valence-electron chi connectivity index (χ0n) is 6.15. The molecule has 0 bridgehead atoms. The van der Waals surface area contributed by atoms with Gasteiger partial charge in [0.25, 0.3) is 0 Å². The SMILES string of the molecule is CCS(=N)(=O)c1ncccn1. The number of rotatable bonds is 2. The normalized spacial score (nSPS) is 15.7. The minimum atomic E-state index is -2.72. The summed E-state index contributed by atoms with van der Waals surface area (Å²) in [6.07, 6.45) is 2.98. The number of aromatic nitrogens is 2. The van der Waals surface area contributed by atoms with Crippen LogP contribution in [0.2, 0.25) is 0 Å². The van der Waals surface area contributed by atoms with Crippen molar-refractivity contribution in [1.29, 1.82) is 4.78 Å². The van der Waals surface area contributed by atoms with Crippen LogP contribution in [-0.4, -0.2) is 19.9 Å². The minimum absolute atomic E-state index is 0.127. The average Bonchev–Trinajstić information content (AvgIpc) is 2.06. The molecule has 0 aliphatic rings. The van der Waals surface area contributed by atoms with E-state index in [2.05, 4.69) is 9.97 Å². The van der Waals surface area contributed by atoms with Crippen molar-refractivity contribution in [2.75, 3.05) is 5.75 Å². The van der Waals surface area contributed by atoms with E-state index in [1.54, 1.807) is 13.0 Å². The second kappa shape index (κ2) is 2.96. The van der Waals surface area contributed by atoms with Gasteiger partial charge in [0, 0.05) is 18.1 Å². The molecule has 0 aliphatic carbocycles. The second-order valence-corrected chi connectivity index (χ2v) is 4.29. The Labute approximate surface area is 65.7 Å². The molecular formula is C6H9N3OS. The highest BCUT2D eigenvalue weighted by molar-refractivity contribution is 7.92. The van der Waals surface area contributed by atoms with Crippen molar-refractivity contribution >= 4 is 9.73 Å². The fourth-order valence-corrected chi connectivity index (χ4v) is 1.31. The van der Waals surface area contributed by atoms with Crippen LogP contribution in [0, 0.1) is 4.78 Å². The zero-order chi connectivity index (χ0) is 8.32. The lowest BCUT2D eigenvalue weighted by atomic mass is 10.7. The van der Waals surface area contributed by atoms with Gasteiger partial charge >= 0.3 is 0 Å². The van der Waals surface area contributed by atoms with E-state index in [4.69, 9.17) is 4.78 Å². The molecule has 0 aliphatic heterocycles. The van der Waals surface area contributed by atoms with Crippen LogP contribution in [-0.2, 0) is 9.73 Å². The molecule has 0 saturated heterocycles. The summed E-state index contributed by atoms with van der Waals surface area (Å²) in [5.74, 6) is 0.261. The first kappa shape index (κ1) is 8.13. The standard InChI is InChI=1S/C6H9N3OS/c1-2-11(7,10)6-8-4-3-5-9-6/h3-5,7H,2H2,1H3. The van der Waals surface area contributed by atoms with E-state index < -0.39 is 9.73 Å². The molecule has 1 unspecified atom stereocenters. The lowest BCUT2D eigenvalue weighted by Gasteiger charge is -1.99. The van der Waals surface area contributed by atoms with Crippen LogP contribution in [0.1, 0.15) is 6.92 Å². The average molecular weight is 171 g/mol. The van der Waals surface area contributed by atoms with E-state index >= 15 is 0 Å². The fourth-order valence-electron chi connectivity index (χ4n) is 0.585. The lowest BCUT2D eigenvalue weighted by Crippen LogP contribution is -2.05. The maximum Gasteiger partial charge on any atom is 0.226 e. The summed E-state index contributed by atoms with van der Waals surface area (Å²) in [6.45, 7) is 1.69. The van der Waals surface area contributed by atoms with Gasteiger partial charge in [0.1, 0.15) is 9.73 Å². The van der Waals surface area contributed by atoms with Crippen LogP contribution in [0.4, 0.5) is 0 Å². The summed E-state index contributed by atoms with van der Waals surface area (Å²) in [4.78, 5) is 7.49. The van der Waals surface area contributed by atoms with Crippen molar-refractivity contribution in [3.05, 3.63) is 18.5 Å². The number of nitrogens with one attached hydrogen (secondary N) is 1. The Bertz CT molecular complexity index is 319. The predicted molar refractivity (Wildman–Crippen MR) is 41.7 cm³/mol. The maximum atomic E-state index is 11.3. The minimum Gasteiger partial charge on any atom is -0.246 e. The summed E-state index contributed by atoms with van der Waals surface area (Å²) in [5, 5.41) is 0.127. The van der Waals surface area contributed by atoms with Crippen molar-refractivity contribution in [2.24, 2.45) is 0 Å². The van der Waals surface area contributed by atoms with Crippen LogP contribution in [0.3, 0.4) is 0 Å². The van der Waals surface area contributed by atoms with Gasteiger partial charge in [-0.3, -0.25) is 0 Å². The van der Waals surface area contributed by atoms with Gasteiger partial charge < -0.3 is 0 Å². The Hall–Kier alpha value is -0.970. The summed E-state index contributed by atoms with van der Waals surface area (Å²) in [7, 11) is -2.72. The van der Waals surface area contributed by atoms with Gasteiger partial charge in [0.2, 0.25) is 5.16 Å². The summed E-state index contributed by atoms with van der Waals surface area (Å²) in [5.41, 5.74) is 0. The molecule has 1 aromatic rings. The van der Waals surface area contributed by atoms with Crippen LogP contribution in [0.25, 0.3) is 0 Å². The van der Waals surface area contributed by atoms with Crippen molar-refractivity contribution in [1.82, 2.24) is 9.97 Å². The van der Waals surface area contributed by atoms with Gasteiger partial charge in [0.15, 0.2) is 0 Å². The summed E-state index contributed by atoms with van der Waals surface area (Å²) in [6, 6.07) is 1.63. The molecule has 1 aromatic heterocycles. The van der Waals surface area contributed by atoms with Gasteiger partial charge in [-0.05, 0) is 6.07 Å². The third-order valence-electron chi connectivity index (χ3n) is 1.24. The van der Waals surface area contributed by atoms with E-state index in [-0.39, 0.29) is 10.9 Å². The van der Waals surface area contributed by atoms with Crippen molar-refractivity contribution in [3.63, 3.8) is 0 Å². The van der Waals surface area contributed by atoms with Crippen molar-refractivity contribution in [3.8, 4) is 0 Å². The Morgan fingerprint density at radius 3 is 2.55 bits per heavy atom. The molecule has 0 saturated carbocycles. The Balaban J connectivity index is 3.14. The molecular weight excluding hydrogens is 162 g/mol. The highest BCUT2D eigenvalue weighted by Crippen LogP contribution is 2.02. The second-order valence-electron chi connectivity index (χ2n) is 2.00. The van der Waals surface area contributed by atoms with E-state index in [0.29, 0.717) is 0 Å². The molecule has 60 valence electrons. The molecule has 1 rings (SSSR count). The van der Waals surface area contributed by atoms with Crippen molar-refractivity contribution in [2.45, 2.75) is 12.1 Å². The van der Waals surface area contributed by atoms with Crippen LogP contribution in [0.15, 0.2) is 23.6 Å². The number of hydrogen-bond acceptors (Lipinski definition) is 4. The van der Waals surface area contributed by atoms with E-state index in [1.807, 2.05) is 0 Å². The van der Waals surface area contributed by atoms with Gasteiger partial charge in [-0.25, -0.2) is 19.0 Å². The molecule has 0 fully saturated rings. The molecule has 1 N–H and O–H groups in total. The number of hydrogen-bond donors (Lipinski definition) is 1. The van der Waals surface area contributed by atoms with E-state index in [1.165, 1.54) is 12.4 Å². The zero-order valence-corrected chi connectivity index (χ0v) is 6.97. The first-order valence-electron chi connectivity index (χ1n) is 3.20. The monoisotopic (exact) mass is 171 g/mol. The summed E-state index contributed by atoms with van der Waals surface area (Å²) < 4.78 is 18.6. The Morgan fingerprint density at radius 2 is 2.09 bits per heavy atom. The summed E-state index contributed by atoms with van der Waals surface area (Å²) >= 11 is 0. The van der Waals surface area contributed by atoms with Gasteiger partial charge in [0.05, 0.1) is 0 Å².